The highest BCUT2D eigenvalue weighted by Gasteiger charge is 2.17. The second-order valence-corrected chi connectivity index (χ2v) is 11.1. The number of unbranched alkanes of at least 4 members (excludes halogenated alkanes) is 15. The largest absolute Gasteiger partial charge is 0.462 e. The lowest BCUT2D eigenvalue weighted by Crippen LogP contribution is -2.30. The van der Waals surface area contributed by atoms with Gasteiger partial charge < -0.3 is 14.2 Å². The van der Waals surface area contributed by atoms with Crippen molar-refractivity contribution in [3.05, 3.63) is 24.3 Å². The summed E-state index contributed by atoms with van der Waals surface area (Å²) in [4.78, 5) is 24.6. The fourth-order valence-electron chi connectivity index (χ4n) is 4.43. The van der Waals surface area contributed by atoms with Gasteiger partial charge in [0.2, 0.25) is 0 Å². The number of ether oxygens (including phenoxy) is 3. The van der Waals surface area contributed by atoms with Gasteiger partial charge in [-0.3, -0.25) is 9.59 Å². The predicted octanol–water partition coefficient (Wildman–Crippen LogP) is 10.2. The van der Waals surface area contributed by atoms with Crippen LogP contribution in [-0.2, 0) is 23.8 Å². The van der Waals surface area contributed by atoms with Gasteiger partial charge in [0, 0.05) is 19.4 Å². The lowest BCUT2D eigenvalue weighted by atomic mass is 10.1. The Hall–Kier alpha value is -1.62. The molecule has 5 heteroatoms. The van der Waals surface area contributed by atoms with Crippen LogP contribution in [0.4, 0.5) is 0 Å². The molecule has 234 valence electrons. The number of allylic oxidation sites excluding steroid dienone is 4. The van der Waals surface area contributed by atoms with Gasteiger partial charge in [0.15, 0.2) is 6.10 Å². The molecule has 5 nitrogen and oxygen atoms in total. The first-order valence-corrected chi connectivity index (χ1v) is 16.9. The Balaban J connectivity index is 4.11. The van der Waals surface area contributed by atoms with Gasteiger partial charge in [0.25, 0.3) is 0 Å². The topological polar surface area (TPSA) is 61.8 Å². The van der Waals surface area contributed by atoms with Crippen LogP contribution in [0.15, 0.2) is 24.3 Å². The van der Waals surface area contributed by atoms with Crippen molar-refractivity contribution in [2.24, 2.45) is 0 Å². The van der Waals surface area contributed by atoms with Crippen LogP contribution >= 0.6 is 0 Å². The number of hydrogen-bond acceptors (Lipinski definition) is 5. The Labute approximate surface area is 247 Å². The maximum absolute atomic E-state index is 12.3. The Bertz CT molecular complexity index is 613. The lowest BCUT2D eigenvalue weighted by Gasteiger charge is -2.18. The minimum Gasteiger partial charge on any atom is -0.462 e. The first kappa shape index (κ1) is 38.4. The van der Waals surface area contributed by atoms with Crippen LogP contribution in [0.3, 0.4) is 0 Å². The SMILES string of the molecule is CCC/C=C\C/C=C\CCCCCCCC(=O)OCC(COCCCCCCCC)OC(=O)CCCCCCC. The summed E-state index contributed by atoms with van der Waals surface area (Å²) in [6.45, 7) is 7.61. The van der Waals surface area contributed by atoms with Gasteiger partial charge in [0.1, 0.15) is 6.61 Å². The summed E-state index contributed by atoms with van der Waals surface area (Å²) in [7, 11) is 0. The monoisotopic (exact) mass is 564 g/mol. The van der Waals surface area contributed by atoms with E-state index in [0.717, 1.165) is 64.2 Å². The van der Waals surface area contributed by atoms with Gasteiger partial charge in [-0.25, -0.2) is 0 Å². The molecule has 0 heterocycles. The molecular weight excluding hydrogens is 500 g/mol. The molecule has 0 aliphatic heterocycles. The summed E-state index contributed by atoms with van der Waals surface area (Å²) in [5.74, 6) is -0.431. The van der Waals surface area contributed by atoms with Crippen molar-refractivity contribution in [2.45, 2.75) is 168 Å². The predicted molar refractivity (Wildman–Crippen MR) is 169 cm³/mol. The highest BCUT2D eigenvalue weighted by atomic mass is 16.6. The van der Waals surface area contributed by atoms with Gasteiger partial charge >= 0.3 is 11.9 Å². The normalized spacial score (nSPS) is 12.4. The van der Waals surface area contributed by atoms with Gasteiger partial charge in [-0.2, -0.15) is 0 Å². The first-order valence-electron chi connectivity index (χ1n) is 16.9. The maximum Gasteiger partial charge on any atom is 0.306 e. The molecule has 0 N–H and O–H groups in total. The van der Waals surface area contributed by atoms with Gasteiger partial charge in [0.05, 0.1) is 6.61 Å². The van der Waals surface area contributed by atoms with Crippen molar-refractivity contribution in [3.63, 3.8) is 0 Å². The van der Waals surface area contributed by atoms with E-state index in [1.807, 2.05) is 0 Å². The van der Waals surface area contributed by atoms with E-state index in [-0.39, 0.29) is 25.2 Å². The second kappa shape index (κ2) is 31.9. The number of hydrogen-bond donors (Lipinski definition) is 0. The van der Waals surface area contributed by atoms with Crippen molar-refractivity contribution in [2.75, 3.05) is 19.8 Å². The quantitative estimate of drug-likeness (QED) is 0.0493. The zero-order valence-electron chi connectivity index (χ0n) is 26.6. The Morgan fingerprint density at radius 2 is 1.10 bits per heavy atom. The average molecular weight is 565 g/mol. The highest BCUT2D eigenvalue weighted by molar-refractivity contribution is 5.70. The fourth-order valence-corrected chi connectivity index (χ4v) is 4.43. The van der Waals surface area contributed by atoms with Crippen LogP contribution in [0, 0.1) is 0 Å². The summed E-state index contributed by atoms with van der Waals surface area (Å²) >= 11 is 0. The summed E-state index contributed by atoms with van der Waals surface area (Å²) < 4.78 is 16.9. The molecule has 0 spiro atoms. The molecule has 0 rings (SSSR count). The molecule has 0 bridgehead atoms. The molecule has 0 aliphatic carbocycles. The number of carbonyl (C=O) groups excluding carboxylic acids is 2. The van der Waals surface area contributed by atoms with Crippen LogP contribution in [0.5, 0.6) is 0 Å². The third-order valence-corrected chi connectivity index (χ3v) is 6.97. The molecule has 0 aromatic rings. The standard InChI is InChI=1S/C35H64O5/c1-4-7-10-13-15-16-17-18-19-20-21-23-25-28-34(36)39-32-33(31-38-30-27-24-14-11-8-5-2)40-35(37)29-26-22-12-9-6-3/h10,13,16-17,33H,4-9,11-12,14-15,18-32H2,1-3H3/b13-10-,17-16-. The van der Waals surface area contributed by atoms with E-state index in [0.29, 0.717) is 19.4 Å². The third-order valence-electron chi connectivity index (χ3n) is 6.97. The van der Waals surface area contributed by atoms with Gasteiger partial charge in [-0.1, -0.05) is 129 Å². The molecule has 0 aromatic heterocycles. The van der Waals surface area contributed by atoms with Gasteiger partial charge in [-0.15, -0.1) is 0 Å². The highest BCUT2D eigenvalue weighted by Crippen LogP contribution is 2.11. The van der Waals surface area contributed by atoms with Crippen molar-refractivity contribution in [1.82, 2.24) is 0 Å². The van der Waals surface area contributed by atoms with E-state index < -0.39 is 6.10 Å². The molecule has 1 unspecified atom stereocenters. The van der Waals surface area contributed by atoms with Crippen molar-refractivity contribution in [1.29, 1.82) is 0 Å². The van der Waals surface area contributed by atoms with Crippen LogP contribution in [0.25, 0.3) is 0 Å². The van der Waals surface area contributed by atoms with Crippen LogP contribution in [-0.4, -0.2) is 37.9 Å². The van der Waals surface area contributed by atoms with E-state index in [4.69, 9.17) is 14.2 Å². The number of carbonyl (C=O) groups is 2. The Morgan fingerprint density at radius 3 is 1.75 bits per heavy atom. The number of esters is 2. The fraction of sp³-hybridized carbons (Fsp3) is 0.829. The first-order chi connectivity index (χ1) is 19.6. The molecule has 0 radical (unpaired) electrons. The van der Waals surface area contributed by atoms with E-state index in [1.165, 1.54) is 64.2 Å². The van der Waals surface area contributed by atoms with E-state index in [2.05, 4.69) is 45.1 Å². The summed E-state index contributed by atoms with van der Waals surface area (Å²) in [6, 6.07) is 0. The van der Waals surface area contributed by atoms with Crippen molar-refractivity contribution < 1.29 is 23.8 Å². The molecule has 0 fully saturated rings. The maximum atomic E-state index is 12.3. The summed E-state index contributed by atoms with van der Waals surface area (Å²) in [5, 5.41) is 0. The van der Waals surface area contributed by atoms with E-state index in [9.17, 15) is 9.59 Å². The zero-order valence-corrected chi connectivity index (χ0v) is 26.6. The molecule has 0 aliphatic rings. The Kier molecular flexibility index (Phi) is 30.6. The molecular formula is C35H64O5. The molecule has 0 amide bonds. The molecule has 0 aromatic carbocycles. The summed E-state index contributed by atoms with van der Waals surface area (Å²) in [5.41, 5.74) is 0. The smallest absolute Gasteiger partial charge is 0.306 e. The van der Waals surface area contributed by atoms with Crippen LogP contribution in [0.1, 0.15) is 162 Å². The molecule has 0 saturated heterocycles. The van der Waals surface area contributed by atoms with E-state index in [1.54, 1.807) is 0 Å². The van der Waals surface area contributed by atoms with Crippen molar-refractivity contribution in [3.8, 4) is 0 Å². The summed E-state index contributed by atoms with van der Waals surface area (Å²) in [6.07, 6.45) is 31.9. The van der Waals surface area contributed by atoms with Crippen LogP contribution in [0.2, 0.25) is 0 Å². The minimum atomic E-state index is -0.526. The van der Waals surface area contributed by atoms with Crippen molar-refractivity contribution >= 4 is 11.9 Å². The van der Waals surface area contributed by atoms with Gasteiger partial charge in [-0.05, 0) is 44.9 Å². The van der Waals surface area contributed by atoms with E-state index >= 15 is 0 Å². The third kappa shape index (κ3) is 29.4. The Morgan fingerprint density at radius 1 is 0.550 bits per heavy atom. The molecule has 0 saturated carbocycles. The lowest BCUT2D eigenvalue weighted by molar-refractivity contribution is -0.163. The molecule has 40 heavy (non-hydrogen) atoms. The number of rotatable bonds is 30. The second-order valence-electron chi connectivity index (χ2n) is 11.1. The zero-order chi connectivity index (χ0) is 29.4. The van der Waals surface area contributed by atoms with Crippen LogP contribution < -0.4 is 0 Å². The average Bonchev–Trinajstić information content (AvgIpc) is 2.95. The molecule has 1 atom stereocenters. The minimum absolute atomic E-state index is 0.0802.